The first-order valence-electron chi connectivity index (χ1n) is 8.26. The monoisotopic (exact) mass is 371 g/mol. The van der Waals surface area contributed by atoms with E-state index in [0.717, 1.165) is 25.0 Å². The van der Waals surface area contributed by atoms with E-state index in [-0.39, 0.29) is 18.0 Å². The van der Waals surface area contributed by atoms with Crippen molar-refractivity contribution in [2.75, 3.05) is 6.54 Å². The largest absolute Gasteiger partial charge is 0.416 e. The van der Waals surface area contributed by atoms with Crippen LogP contribution < -0.4 is 5.73 Å². The predicted molar refractivity (Wildman–Crippen MR) is 91.3 cm³/mol. The first-order chi connectivity index (χ1) is 11.7. The maximum atomic E-state index is 12.8. The third kappa shape index (κ3) is 4.12. The van der Waals surface area contributed by atoms with Gasteiger partial charge in [-0.2, -0.15) is 13.2 Å². The van der Waals surface area contributed by atoms with Gasteiger partial charge in [0, 0.05) is 31.5 Å². The maximum absolute atomic E-state index is 12.8. The molecule has 0 spiro atoms. The zero-order valence-corrected chi connectivity index (χ0v) is 14.7. The van der Waals surface area contributed by atoms with E-state index in [1.165, 1.54) is 17.4 Å². The number of hydrogen-bond donors (Lipinski definition) is 1. The quantitative estimate of drug-likeness (QED) is 0.897. The van der Waals surface area contributed by atoms with Crippen LogP contribution in [-0.2, 0) is 17.4 Å². The molecular weight excluding hydrogens is 351 g/mol. The van der Waals surface area contributed by atoms with E-state index in [1.807, 2.05) is 11.8 Å². The number of piperidine rings is 1. The van der Waals surface area contributed by atoms with Crippen LogP contribution in [0.2, 0.25) is 0 Å². The Hall–Kier alpha value is -1.67. The summed E-state index contributed by atoms with van der Waals surface area (Å²) in [6, 6.07) is 3.83. The van der Waals surface area contributed by atoms with Crippen LogP contribution in [0.5, 0.6) is 0 Å². The molecule has 2 heterocycles. The summed E-state index contributed by atoms with van der Waals surface area (Å²) in [5.74, 6) is 0.0506. The van der Waals surface area contributed by atoms with E-state index in [9.17, 15) is 18.0 Å². The molecule has 4 nitrogen and oxygen atoms in total. The Labute approximate surface area is 147 Å². The molecule has 2 atom stereocenters. The van der Waals surface area contributed by atoms with Crippen molar-refractivity contribution >= 4 is 27.5 Å². The summed E-state index contributed by atoms with van der Waals surface area (Å²) in [4.78, 5) is 18.5. The van der Waals surface area contributed by atoms with Gasteiger partial charge < -0.3 is 10.6 Å². The highest BCUT2D eigenvalue weighted by Gasteiger charge is 2.31. The number of carbonyl (C=O) groups excluding carboxylic acids is 1. The number of halogens is 3. The van der Waals surface area contributed by atoms with E-state index in [2.05, 4.69) is 4.98 Å². The van der Waals surface area contributed by atoms with Gasteiger partial charge in [0.25, 0.3) is 0 Å². The van der Waals surface area contributed by atoms with Crippen molar-refractivity contribution in [1.29, 1.82) is 0 Å². The van der Waals surface area contributed by atoms with Gasteiger partial charge in [-0.25, -0.2) is 4.98 Å². The molecule has 3 rings (SSSR count). The number of nitrogens with two attached hydrogens (primary N) is 1. The van der Waals surface area contributed by atoms with Crippen molar-refractivity contribution in [2.24, 2.45) is 5.73 Å². The van der Waals surface area contributed by atoms with E-state index >= 15 is 0 Å². The van der Waals surface area contributed by atoms with Gasteiger partial charge in [0.1, 0.15) is 0 Å². The van der Waals surface area contributed by atoms with E-state index in [0.29, 0.717) is 34.6 Å². The van der Waals surface area contributed by atoms with Gasteiger partial charge in [0.2, 0.25) is 5.91 Å². The number of fused-ring (bicyclic) bond motifs is 1. The molecule has 0 radical (unpaired) electrons. The number of benzene rings is 1. The standard InChI is InChI=1S/C17H20F3N3OS/c1-10-8-12(21)6-7-23(10)16(24)5-4-15-22-13-9-11(17(18,19)20)2-3-14(13)25-15/h2-3,9-10,12H,4-8,21H2,1H3/t10-,12-/m0/s1. The molecule has 1 aliphatic heterocycles. The number of carbonyl (C=O) groups is 1. The molecule has 8 heteroatoms. The molecule has 136 valence electrons. The number of aromatic nitrogens is 1. The highest BCUT2D eigenvalue weighted by atomic mass is 32.1. The molecule has 0 bridgehead atoms. The van der Waals surface area contributed by atoms with Gasteiger partial charge in [0.15, 0.2) is 0 Å². The topological polar surface area (TPSA) is 59.2 Å². The Morgan fingerprint density at radius 1 is 1.44 bits per heavy atom. The number of rotatable bonds is 3. The van der Waals surface area contributed by atoms with Gasteiger partial charge in [-0.3, -0.25) is 4.79 Å². The second-order valence-electron chi connectivity index (χ2n) is 6.51. The number of likely N-dealkylation sites (tertiary alicyclic amines) is 1. The summed E-state index contributed by atoms with van der Waals surface area (Å²) in [5, 5.41) is 0.684. The van der Waals surface area contributed by atoms with Crippen molar-refractivity contribution in [2.45, 2.75) is 50.9 Å². The van der Waals surface area contributed by atoms with Crippen molar-refractivity contribution in [3.63, 3.8) is 0 Å². The smallest absolute Gasteiger partial charge is 0.340 e. The Bertz CT molecular complexity index is 774. The summed E-state index contributed by atoms with van der Waals surface area (Å²) in [5.41, 5.74) is 5.54. The molecule has 1 aromatic carbocycles. The van der Waals surface area contributed by atoms with Gasteiger partial charge in [0.05, 0.1) is 20.8 Å². The lowest BCUT2D eigenvalue weighted by Gasteiger charge is -2.36. The van der Waals surface area contributed by atoms with Gasteiger partial charge in [-0.05, 0) is 38.0 Å². The Kier molecular flexibility index (Phi) is 5.02. The molecule has 0 saturated carbocycles. The minimum atomic E-state index is -4.38. The molecule has 1 saturated heterocycles. The van der Waals surface area contributed by atoms with Crippen LogP contribution in [0.1, 0.15) is 36.8 Å². The van der Waals surface area contributed by atoms with Crippen LogP contribution in [0, 0.1) is 0 Å². The van der Waals surface area contributed by atoms with Crippen molar-refractivity contribution in [1.82, 2.24) is 9.88 Å². The number of amides is 1. The fourth-order valence-corrected chi connectivity index (χ4v) is 4.14. The average Bonchev–Trinajstić information content (AvgIpc) is 2.93. The second-order valence-corrected chi connectivity index (χ2v) is 7.62. The number of aryl methyl sites for hydroxylation is 1. The van der Waals surface area contributed by atoms with Crippen LogP contribution in [-0.4, -0.2) is 34.4 Å². The zero-order chi connectivity index (χ0) is 18.2. The molecule has 25 heavy (non-hydrogen) atoms. The van der Waals surface area contributed by atoms with Crippen molar-refractivity contribution in [3.8, 4) is 0 Å². The fourth-order valence-electron chi connectivity index (χ4n) is 3.19. The number of hydrogen-bond acceptors (Lipinski definition) is 4. The summed E-state index contributed by atoms with van der Waals surface area (Å²) < 4.78 is 39.0. The van der Waals surface area contributed by atoms with Crippen LogP contribution in [0.3, 0.4) is 0 Å². The van der Waals surface area contributed by atoms with Crippen LogP contribution in [0.25, 0.3) is 10.2 Å². The lowest BCUT2D eigenvalue weighted by Crippen LogP contribution is -2.48. The van der Waals surface area contributed by atoms with E-state index in [1.54, 1.807) is 0 Å². The number of alkyl halides is 3. The minimum Gasteiger partial charge on any atom is -0.340 e. The van der Waals surface area contributed by atoms with E-state index in [4.69, 9.17) is 5.73 Å². The first-order valence-corrected chi connectivity index (χ1v) is 9.07. The SMILES string of the molecule is C[C@H]1C[C@@H](N)CCN1C(=O)CCc1nc2cc(C(F)(F)F)ccc2s1. The van der Waals surface area contributed by atoms with Crippen LogP contribution in [0.15, 0.2) is 18.2 Å². The molecule has 1 aromatic heterocycles. The summed E-state index contributed by atoms with van der Waals surface area (Å²) >= 11 is 1.34. The Morgan fingerprint density at radius 2 is 2.20 bits per heavy atom. The highest BCUT2D eigenvalue weighted by molar-refractivity contribution is 7.18. The Morgan fingerprint density at radius 3 is 2.88 bits per heavy atom. The lowest BCUT2D eigenvalue weighted by atomic mass is 9.98. The maximum Gasteiger partial charge on any atom is 0.416 e. The molecule has 1 amide bonds. The molecule has 0 unspecified atom stereocenters. The normalized spacial score (nSPS) is 21.7. The predicted octanol–water partition coefficient (Wildman–Crippen LogP) is 3.59. The number of nitrogens with zero attached hydrogens (tertiary/aromatic N) is 2. The molecule has 2 N–H and O–H groups in total. The van der Waals surface area contributed by atoms with Gasteiger partial charge in [-0.15, -0.1) is 11.3 Å². The van der Waals surface area contributed by atoms with Crippen LogP contribution >= 0.6 is 11.3 Å². The van der Waals surface area contributed by atoms with Crippen molar-refractivity contribution < 1.29 is 18.0 Å². The van der Waals surface area contributed by atoms with E-state index < -0.39 is 11.7 Å². The first kappa shape index (κ1) is 18.1. The third-order valence-corrected chi connectivity index (χ3v) is 5.65. The molecule has 0 aliphatic carbocycles. The third-order valence-electron chi connectivity index (χ3n) is 4.55. The number of thiazole rings is 1. The van der Waals surface area contributed by atoms with Gasteiger partial charge in [-0.1, -0.05) is 0 Å². The molecule has 1 aliphatic rings. The fraction of sp³-hybridized carbons (Fsp3) is 0.529. The van der Waals surface area contributed by atoms with Crippen molar-refractivity contribution in [3.05, 3.63) is 28.8 Å². The summed E-state index contributed by atoms with van der Waals surface area (Å²) in [6.07, 6.45) is -2.02. The minimum absolute atomic E-state index is 0.0506. The zero-order valence-electron chi connectivity index (χ0n) is 13.8. The van der Waals surface area contributed by atoms with Crippen LogP contribution in [0.4, 0.5) is 13.2 Å². The van der Waals surface area contributed by atoms with Gasteiger partial charge >= 0.3 is 6.18 Å². The lowest BCUT2D eigenvalue weighted by molar-refractivity contribution is -0.137. The Balaban J connectivity index is 1.66. The summed E-state index contributed by atoms with van der Waals surface area (Å²) in [6.45, 7) is 2.66. The molecular formula is C17H20F3N3OS. The molecule has 2 aromatic rings. The average molecular weight is 371 g/mol. The summed E-state index contributed by atoms with van der Waals surface area (Å²) in [7, 11) is 0. The second kappa shape index (κ2) is 6.92. The highest BCUT2D eigenvalue weighted by Crippen LogP contribution is 2.33. The molecule has 1 fully saturated rings.